The standard InChI is InChI=1S/C16H13F3N2O2/c1-10(22)20-13-7-12(16(17,18)19)8-14(9-13)21-15(23)11-5-3-2-4-6-11/h2-9H,1H3,(H,20,22)(H,21,23). The maximum atomic E-state index is 12.9. The van der Waals surface area contributed by atoms with Crippen molar-refractivity contribution in [3.05, 3.63) is 59.7 Å². The second-order valence-corrected chi connectivity index (χ2v) is 4.80. The molecular weight excluding hydrogens is 309 g/mol. The average Bonchev–Trinajstić information content (AvgIpc) is 2.46. The van der Waals surface area contributed by atoms with Crippen LogP contribution >= 0.6 is 0 Å². The Balaban J connectivity index is 2.33. The highest BCUT2D eigenvalue weighted by Gasteiger charge is 2.31. The van der Waals surface area contributed by atoms with Crippen LogP contribution < -0.4 is 10.6 Å². The van der Waals surface area contributed by atoms with E-state index in [0.29, 0.717) is 5.56 Å². The second kappa shape index (κ2) is 6.51. The zero-order valence-corrected chi connectivity index (χ0v) is 12.1. The van der Waals surface area contributed by atoms with Crippen molar-refractivity contribution in [2.45, 2.75) is 13.1 Å². The third-order valence-electron chi connectivity index (χ3n) is 2.87. The van der Waals surface area contributed by atoms with Crippen molar-refractivity contribution in [1.29, 1.82) is 0 Å². The summed E-state index contributed by atoms with van der Waals surface area (Å²) < 4.78 is 38.8. The number of carbonyl (C=O) groups is 2. The van der Waals surface area contributed by atoms with Gasteiger partial charge in [0.25, 0.3) is 5.91 Å². The molecule has 0 fully saturated rings. The Morgan fingerprint density at radius 1 is 0.913 bits per heavy atom. The largest absolute Gasteiger partial charge is 0.416 e. The van der Waals surface area contributed by atoms with Gasteiger partial charge in [-0.05, 0) is 30.3 Å². The summed E-state index contributed by atoms with van der Waals surface area (Å²) in [7, 11) is 0. The number of rotatable bonds is 3. The van der Waals surface area contributed by atoms with Crippen LogP contribution in [-0.2, 0) is 11.0 Å². The van der Waals surface area contributed by atoms with E-state index >= 15 is 0 Å². The van der Waals surface area contributed by atoms with Gasteiger partial charge in [-0.3, -0.25) is 9.59 Å². The third kappa shape index (κ3) is 4.57. The molecule has 0 spiro atoms. The average molecular weight is 322 g/mol. The summed E-state index contributed by atoms with van der Waals surface area (Å²) in [5.74, 6) is -1.05. The van der Waals surface area contributed by atoms with Crippen molar-refractivity contribution in [3.8, 4) is 0 Å². The quantitative estimate of drug-likeness (QED) is 0.900. The van der Waals surface area contributed by atoms with Crippen molar-refractivity contribution >= 4 is 23.2 Å². The minimum absolute atomic E-state index is 0.0457. The van der Waals surface area contributed by atoms with Crippen LogP contribution in [0, 0.1) is 0 Å². The molecule has 0 unspecified atom stereocenters. The predicted octanol–water partition coefficient (Wildman–Crippen LogP) is 3.92. The van der Waals surface area contributed by atoms with Crippen LogP contribution in [0.3, 0.4) is 0 Å². The summed E-state index contributed by atoms with van der Waals surface area (Å²) in [6.45, 7) is 1.18. The molecule has 23 heavy (non-hydrogen) atoms. The van der Waals surface area contributed by atoms with Crippen molar-refractivity contribution < 1.29 is 22.8 Å². The van der Waals surface area contributed by atoms with E-state index in [1.54, 1.807) is 18.2 Å². The number of carbonyl (C=O) groups excluding carboxylic acids is 2. The minimum atomic E-state index is -4.60. The van der Waals surface area contributed by atoms with E-state index in [-0.39, 0.29) is 11.4 Å². The van der Waals surface area contributed by atoms with Gasteiger partial charge in [0.1, 0.15) is 0 Å². The van der Waals surface area contributed by atoms with Gasteiger partial charge in [0, 0.05) is 23.9 Å². The lowest BCUT2D eigenvalue weighted by atomic mass is 10.1. The molecule has 0 atom stereocenters. The SMILES string of the molecule is CC(=O)Nc1cc(NC(=O)c2ccccc2)cc(C(F)(F)F)c1. The Labute approximate surface area is 130 Å². The van der Waals surface area contributed by atoms with Gasteiger partial charge >= 0.3 is 6.18 Å². The molecule has 0 aliphatic heterocycles. The van der Waals surface area contributed by atoms with Crippen LogP contribution in [-0.4, -0.2) is 11.8 Å². The van der Waals surface area contributed by atoms with Gasteiger partial charge in [-0.2, -0.15) is 13.2 Å². The molecule has 0 radical (unpaired) electrons. The van der Waals surface area contributed by atoms with Gasteiger partial charge in [-0.15, -0.1) is 0 Å². The van der Waals surface area contributed by atoms with Gasteiger partial charge in [-0.1, -0.05) is 18.2 Å². The molecule has 2 amide bonds. The minimum Gasteiger partial charge on any atom is -0.326 e. The van der Waals surface area contributed by atoms with Gasteiger partial charge in [0.2, 0.25) is 5.91 Å². The highest BCUT2D eigenvalue weighted by Crippen LogP contribution is 2.33. The molecular formula is C16H13F3N2O2. The van der Waals surface area contributed by atoms with Gasteiger partial charge < -0.3 is 10.6 Å². The second-order valence-electron chi connectivity index (χ2n) is 4.80. The number of nitrogens with one attached hydrogen (secondary N) is 2. The lowest BCUT2D eigenvalue weighted by molar-refractivity contribution is -0.137. The van der Waals surface area contributed by atoms with Crippen molar-refractivity contribution in [3.63, 3.8) is 0 Å². The Morgan fingerprint density at radius 3 is 2.00 bits per heavy atom. The summed E-state index contributed by atoms with van der Waals surface area (Å²) in [6, 6.07) is 11.0. The summed E-state index contributed by atoms with van der Waals surface area (Å²) in [5.41, 5.74) is -0.758. The first kappa shape index (κ1) is 16.5. The van der Waals surface area contributed by atoms with Crippen LogP contribution in [0.5, 0.6) is 0 Å². The van der Waals surface area contributed by atoms with Gasteiger partial charge in [0.05, 0.1) is 5.56 Å². The molecule has 2 aromatic carbocycles. The van der Waals surface area contributed by atoms with E-state index in [0.717, 1.165) is 12.1 Å². The predicted molar refractivity (Wildman–Crippen MR) is 80.1 cm³/mol. The monoisotopic (exact) mass is 322 g/mol. The molecule has 0 aliphatic carbocycles. The topological polar surface area (TPSA) is 58.2 Å². The maximum absolute atomic E-state index is 12.9. The molecule has 7 heteroatoms. The van der Waals surface area contributed by atoms with Gasteiger partial charge in [-0.25, -0.2) is 0 Å². The summed E-state index contributed by atoms with van der Waals surface area (Å²) >= 11 is 0. The smallest absolute Gasteiger partial charge is 0.326 e. The molecule has 120 valence electrons. The third-order valence-corrected chi connectivity index (χ3v) is 2.87. The molecule has 0 bridgehead atoms. The van der Waals surface area contributed by atoms with Crippen LogP contribution in [0.1, 0.15) is 22.8 Å². The summed E-state index contributed by atoms with van der Waals surface area (Å²) in [4.78, 5) is 23.1. The summed E-state index contributed by atoms with van der Waals surface area (Å²) in [5, 5.41) is 4.67. The molecule has 4 nitrogen and oxygen atoms in total. The number of anilines is 2. The Morgan fingerprint density at radius 2 is 1.48 bits per heavy atom. The molecule has 0 aliphatic rings. The fourth-order valence-corrected chi connectivity index (χ4v) is 1.93. The lowest BCUT2D eigenvalue weighted by Gasteiger charge is -2.13. The number of hydrogen-bond acceptors (Lipinski definition) is 2. The number of benzene rings is 2. The number of halogens is 3. The highest BCUT2D eigenvalue weighted by atomic mass is 19.4. The van der Waals surface area contributed by atoms with E-state index in [4.69, 9.17) is 0 Å². The first-order chi connectivity index (χ1) is 10.8. The molecule has 0 saturated heterocycles. The van der Waals surface area contributed by atoms with Crippen LogP contribution in [0.15, 0.2) is 48.5 Å². The Kier molecular flexibility index (Phi) is 4.68. The first-order valence-electron chi connectivity index (χ1n) is 6.62. The van der Waals surface area contributed by atoms with Crippen molar-refractivity contribution in [1.82, 2.24) is 0 Å². The van der Waals surface area contributed by atoms with E-state index in [2.05, 4.69) is 10.6 Å². The van der Waals surface area contributed by atoms with E-state index in [9.17, 15) is 22.8 Å². The molecule has 2 N–H and O–H groups in total. The van der Waals surface area contributed by atoms with E-state index in [1.807, 2.05) is 0 Å². The first-order valence-corrected chi connectivity index (χ1v) is 6.62. The van der Waals surface area contributed by atoms with Crippen LogP contribution in [0.25, 0.3) is 0 Å². The number of alkyl halides is 3. The maximum Gasteiger partial charge on any atom is 0.416 e. The molecule has 0 aromatic heterocycles. The van der Waals surface area contributed by atoms with E-state index in [1.165, 1.54) is 25.1 Å². The molecule has 0 heterocycles. The normalized spacial score (nSPS) is 11.0. The zero-order chi connectivity index (χ0) is 17.0. The molecule has 2 rings (SSSR count). The van der Waals surface area contributed by atoms with Crippen molar-refractivity contribution in [2.24, 2.45) is 0 Å². The Hall–Kier alpha value is -2.83. The Bertz CT molecular complexity index is 728. The summed E-state index contributed by atoms with van der Waals surface area (Å²) in [6.07, 6.45) is -4.60. The van der Waals surface area contributed by atoms with Gasteiger partial charge in [0.15, 0.2) is 0 Å². The number of amides is 2. The zero-order valence-electron chi connectivity index (χ0n) is 12.1. The molecule has 0 saturated carbocycles. The number of hydrogen-bond donors (Lipinski definition) is 2. The fourth-order valence-electron chi connectivity index (χ4n) is 1.93. The van der Waals surface area contributed by atoms with E-state index < -0.39 is 23.6 Å². The molecule has 2 aromatic rings. The van der Waals surface area contributed by atoms with Crippen LogP contribution in [0.2, 0.25) is 0 Å². The lowest BCUT2D eigenvalue weighted by Crippen LogP contribution is -2.14. The van der Waals surface area contributed by atoms with Crippen LogP contribution in [0.4, 0.5) is 24.5 Å². The highest BCUT2D eigenvalue weighted by molar-refractivity contribution is 6.04. The fraction of sp³-hybridized carbons (Fsp3) is 0.125. The van der Waals surface area contributed by atoms with Crippen molar-refractivity contribution in [2.75, 3.05) is 10.6 Å².